The molecular weight excluding hydrogens is 220 g/mol. The molecule has 1 atom stereocenters. The van der Waals surface area contributed by atoms with Gasteiger partial charge in [0, 0.05) is 24.4 Å². The molecule has 2 N–H and O–H groups in total. The number of carbonyl (C=O) groups is 1. The first-order valence-corrected chi connectivity index (χ1v) is 6.34. The van der Waals surface area contributed by atoms with Gasteiger partial charge >= 0.3 is 0 Å². The Kier molecular flexibility index (Phi) is 4.30. The van der Waals surface area contributed by atoms with E-state index in [1.54, 1.807) is 0 Å². The molecular formula is C12H22N2OS. The van der Waals surface area contributed by atoms with Gasteiger partial charge < -0.3 is 10.6 Å². The first kappa shape index (κ1) is 13.4. The molecule has 0 aromatic heterocycles. The molecule has 1 aliphatic heterocycles. The lowest BCUT2D eigenvalue weighted by atomic mass is 9.88. The van der Waals surface area contributed by atoms with Crippen LogP contribution >= 0.6 is 12.2 Å². The lowest BCUT2D eigenvalue weighted by Crippen LogP contribution is -2.43. The Morgan fingerprint density at radius 1 is 1.62 bits per heavy atom. The van der Waals surface area contributed by atoms with E-state index in [2.05, 4.69) is 0 Å². The van der Waals surface area contributed by atoms with E-state index in [4.69, 9.17) is 18.0 Å². The Labute approximate surface area is 103 Å². The van der Waals surface area contributed by atoms with Crippen LogP contribution in [0.5, 0.6) is 0 Å². The van der Waals surface area contributed by atoms with Gasteiger partial charge in [-0.05, 0) is 19.3 Å². The van der Waals surface area contributed by atoms with Crippen molar-refractivity contribution in [3.8, 4) is 0 Å². The zero-order valence-corrected chi connectivity index (χ0v) is 11.3. The van der Waals surface area contributed by atoms with Crippen molar-refractivity contribution in [1.29, 1.82) is 0 Å². The maximum atomic E-state index is 11.9. The molecule has 1 aliphatic rings. The fourth-order valence-corrected chi connectivity index (χ4v) is 2.00. The molecule has 16 heavy (non-hydrogen) atoms. The highest BCUT2D eigenvalue weighted by atomic mass is 32.1. The minimum Gasteiger partial charge on any atom is -0.393 e. The minimum absolute atomic E-state index is 0.156. The van der Waals surface area contributed by atoms with E-state index in [0.717, 1.165) is 32.4 Å². The van der Waals surface area contributed by atoms with Crippen LogP contribution < -0.4 is 5.73 Å². The molecule has 0 saturated carbocycles. The van der Waals surface area contributed by atoms with Gasteiger partial charge in [0.15, 0.2) is 0 Å². The maximum Gasteiger partial charge on any atom is 0.225 e. The van der Waals surface area contributed by atoms with Gasteiger partial charge in [-0.25, -0.2) is 0 Å². The molecule has 1 heterocycles. The normalized spacial score (nSPS) is 22.3. The molecule has 0 aromatic carbocycles. The molecule has 1 fully saturated rings. The first-order valence-electron chi connectivity index (χ1n) is 5.93. The zero-order valence-electron chi connectivity index (χ0n) is 10.5. The lowest BCUT2D eigenvalue weighted by molar-refractivity contribution is -0.137. The highest BCUT2D eigenvalue weighted by molar-refractivity contribution is 7.80. The third-order valence-corrected chi connectivity index (χ3v) is 4.02. The van der Waals surface area contributed by atoms with Gasteiger partial charge in [-0.3, -0.25) is 4.79 Å². The first-order chi connectivity index (χ1) is 7.34. The van der Waals surface area contributed by atoms with E-state index in [1.807, 2.05) is 25.7 Å². The van der Waals surface area contributed by atoms with Crippen LogP contribution in [0.1, 0.15) is 40.0 Å². The van der Waals surface area contributed by atoms with Gasteiger partial charge in [-0.1, -0.05) is 33.0 Å². The Morgan fingerprint density at radius 2 is 2.25 bits per heavy atom. The second-order valence-electron chi connectivity index (χ2n) is 5.37. The van der Waals surface area contributed by atoms with Crippen LogP contribution in [-0.4, -0.2) is 28.9 Å². The summed E-state index contributed by atoms with van der Waals surface area (Å²) >= 11 is 5.03. The summed E-state index contributed by atoms with van der Waals surface area (Å²) in [7, 11) is 0. The number of nitrogens with zero attached hydrogens (tertiary/aromatic N) is 1. The molecule has 0 aliphatic carbocycles. The molecule has 1 saturated heterocycles. The van der Waals surface area contributed by atoms with Crippen molar-refractivity contribution in [2.45, 2.75) is 40.0 Å². The summed E-state index contributed by atoms with van der Waals surface area (Å²) < 4.78 is 0. The molecule has 1 rings (SSSR count). The topological polar surface area (TPSA) is 46.3 Å². The van der Waals surface area contributed by atoms with E-state index in [-0.39, 0.29) is 17.2 Å². The van der Waals surface area contributed by atoms with Crippen LogP contribution in [0.2, 0.25) is 0 Å². The van der Waals surface area contributed by atoms with Crippen LogP contribution in [0.4, 0.5) is 0 Å². The Bertz CT molecular complexity index is 289. The van der Waals surface area contributed by atoms with Crippen LogP contribution in [-0.2, 0) is 4.79 Å². The SMILES string of the molecule is CC1CCCN(CCC(C)(C)C(N)=S)C1=O. The molecule has 0 aromatic rings. The summed E-state index contributed by atoms with van der Waals surface area (Å²) in [5, 5.41) is 0. The van der Waals surface area contributed by atoms with E-state index >= 15 is 0 Å². The monoisotopic (exact) mass is 242 g/mol. The summed E-state index contributed by atoms with van der Waals surface area (Å²) in [5.74, 6) is 0.465. The molecule has 0 radical (unpaired) electrons. The fourth-order valence-electron chi connectivity index (χ4n) is 1.89. The van der Waals surface area contributed by atoms with E-state index < -0.39 is 0 Å². The van der Waals surface area contributed by atoms with Crippen molar-refractivity contribution in [3.63, 3.8) is 0 Å². The summed E-state index contributed by atoms with van der Waals surface area (Å²) in [6.45, 7) is 7.73. The Balaban J connectivity index is 2.49. The smallest absolute Gasteiger partial charge is 0.225 e. The molecule has 1 amide bonds. The van der Waals surface area contributed by atoms with Gasteiger partial charge in [-0.15, -0.1) is 0 Å². The summed E-state index contributed by atoms with van der Waals surface area (Å²) in [5.41, 5.74) is 5.52. The molecule has 92 valence electrons. The average Bonchev–Trinajstić information content (AvgIpc) is 2.20. The van der Waals surface area contributed by atoms with Crippen molar-refractivity contribution in [3.05, 3.63) is 0 Å². The second kappa shape index (κ2) is 5.13. The van der Waals surface area contributed by atoms with Gasteiger partial charge in [0.05, 0.1) is 4.99 Å². The quantitative estimate of drug-likeness (QED) is 0.766. The number of nitrogens with two attached hydrogens (primary N) is 1. The van der Waals surface area contributed by atoms with Crippen molar-refractivity contribution in [1.82, 2.24) is 4.90 Å². The highest BCUT2D eigenvalue weighted by Gasteiger charge is 2.28. The van der Waals surface area contributed by atoms with Crippen LogP contribution in [0.25, 0.3) is 0 Å². The van der Waals surface area contributed by atoms with Crippen LogP contribution in [0, 0.1) is 11.3 Å². The van der Waals surface area contributed by atoms with Gasteiger partial charge in [0.1, 0.15) is 0 Å². The van der Waals surface area contributed by atoms with Gasteiger partial charge in [0.2, 0.25) is 5.91 Å². The second-order valence-corrected chi connectivity index (χ2v) is 5.81. The number of hydrogen-bond donors (Lipinski definition) is 1. The molecule has 4 heteroatoms. The number of piperidine rings is 1. The summed E-state index contributed by atoms with van der Waals surface area (Å²) in [6.07, 6.45) is 2.98. The lowest BCUT2D eigenvalue weighted by Gasteiger charge is -2.33. The standard InChI is InChI=1S/C12H22N2OS/c1-9-5-4-7-14(10(9)15)8-6-12(2,3)11(13)16/h9H,4-8H2,1-3H3,(H2,13,16). The minimum atomic E-state index is -0.156. The molecule has 0 bridgehead atoms. The third kappa shape index (κ3) is 3.17. The van der Waals surface area contributed by atoms with E-state index in [0.29, 0.717) is 4.99 Å². The van der Waals surface area contributed by atoms with Crippen molar-refractivity contribution >= 4 is 23.1 Å². The fraction of sp³-hybridized carbons (Fsp3) is 0.833. The number of thiocarbonyl (C=S) groups is 1. The summed E-state index contributed by atoms with van der Waals surface area (Å²) in [4.78, 5) is 14.4. The Morgan fingerprint density at radius 3 is 2.81 bits per heavy atom. The van der Waals surface area contributed by atoms with E-state index in [9.17, 15) is 4.79 Å². The number of likely N-dealkylation sites (tertiary alicyclic amines) is 1. The molecule has 0 spiro atoms. The Hall–Kier alpha value is -0.640. The largest absolute Gasteiger partial charge is 0.393 e. The number of hydrogen-bond acceptors (Lipinski definition) is 2. The predicted molar refractivity (Wildman–Crippen MR) is 70.2 cm³/mol. The molecule has 1 unspecified atom stereocenters. The summed E-state index contributed by atoms with van der Waals surface area (Å²) in [6, 6.07) is 0. The van der Waals surface area contributed by atoms with Gasteiger partial charge in [-0.2, -0.15) is 0 Å². The average molecular weight is 242 g/mol. The number of amides is 1. The van der Waals surface area contributed by atoms with Crippen LogP contribution in [0.3, 0.4) is 0 Å². The van der Waals surface area contributed by atoms with Crippen LogP contribution in [0.15, 0.2) is 0 Å². The predicted octanol–water partition coefficient (Wildman–Crippen LogP) is 1.95. The maximum absolute atomic E-state index is 11.9. The van der Waals surface area contributed by atoms with Crippen molar-refractivity contribution in [2.24, 2.45) is 17.1 Å². The van der Waals surface area contributed by atoms with Crippen molar-refractivity contribution in [2.75, 3.05) is 13.1 Å². The zero-order chi connectivity index (χ0) is 12.3. The number of carbonyl (C=O) groups excluding carboxylic acids is 1. The molecule has 3 nitrogen and oxygen atoms in total. The third-order valence-electron chi connectivity index (χ3n) is 3.47. The number of rotatable bonds is 4. The highest BCUT2D eigenvalue weighted by Crippen LogP contribution is 2.23. The van der Waals surface area contributed by atoms with Gasteiger partial charge in [0.25, 0.3) is 0 Å². The van der Waals surface area contributed by atoms with Crippen molar-refractivity contribution < 1.29 is 4.79 Å². The van der Waals surface area contributed by atoms with E-state index in [1.165, 1.54) is 0 Å².